The van der Waals surface area contributed by atoms with Gasteiger partial charge in [0.1, 0.15) is 11.8 Å². The Hall–Kier alpha value is -2.64. The average Bonchev–Trinajstić information content (AvgIpc) is 2.44. The number of aliphatic carboxylic acids is 1. The highest BCUT2D eigenvalue weighted by atomic mass is 16.6. The molecule has 1 amide bonds. The predicted molar refractivity (Wildman–Crippen MR) is 77.6 cm³/mol. The summed E-state index contributed by atoms with van der Waals surface area (Å²) in [5.74, 6) is -1.34. The fourth-order valence-corrected chi connectivity index (χ4v) is 1.68. The first-order chi connectivity index (χ1) is 10.3. The number of nitro benzene ring substituents is 1. The topological polar surface area (TPSA) is 119 Å². The molecule has 0 aliphatic heterocycles. The van der Waals surface area contributed by atoms with E-state index in [0.717, 1.165) is 0 Å². The summed E-state index contributed by atoms with van der Waals surface area (Å²) in [6.45, 7) is 3.45. The van der Waals surface area contributed by atoms with Crippen LogP contribution in [0.3, 0.4) is 0 Å². The van der Waals surface area contributed by atoms with Crippen LogP contribution in [0, 0.1) is 16.0 Å². The molecular weight excluding hydrogens is 292 g/mol. The fourth-order valence-electron chi connectivity index (χ4n) is 1.68. The fraction of sp³-hybridized carbons (Fsp3) is 0.429. The minimum Gasteiger partial charge on any atom is -0.493 e. The van der Waals surface area contributed by atoms with Crippen LogP contribution >= 0.6 is 0 Å². The summed E-state index contributed by atoms with van der Waals surface area (Å²) in [5.41, 5.74) is -0.0497. The number of carbonyl (C=O) groups is 2. The molecule has 0 bridgehead atoms. The number of nitro groups is 1. The van der Waals surface area contributed by atoms with Gasteiger partial charge in [-0.05, 0) is 18.1 Å². The molecule has 1 unspecified atom stereocenters. The summed E-state index contributed by atoms with van der Waals surface area (Å²) in [4.78, 5) is 32.6. The summed E-state index contributed by atoms with van der Waals surface area (Å²) in [5, 5.41) is 21.9. The van der Waals surface area contributed by atoms with E-state index in [0.29, 0.717) is 5.75 Å². The molecule has 1 aromatic carbocycles. The monoisotopic (exact) mass is 310 g/mol. The summed E-state index contributed by atoms with van der Waals surface area (Å²) in [6, 6.07) is 4.53. The molecule has 1 rings (SSSR count). The number of carboxylic acids is 1. The van der Waals surface area contributed by atoms with Gasteiger partial charge in [0, 0.05) is 12.1 Å². The molecule has 2 N–H and O–H groups in total. The molecule has 8 heteroatoms. The highest BCUT2D eigenvalue weighted by Gasteiger charge is 2.23. The van der Waals surface area contributed by atoms with E-state index >= 15 is 0 Å². The summed E-state index contributed by atoms with van der Waals surface area (Å²) >= 11 is 0. The molecule has 8 nitrogen and oxygen atoms in total. The van der Waals surface area contributed by atoms with Gasteiger partial charge in [-0.2, -0.15) is 0 Å². The van der Waals surface area contributed by atoms with E-state index in [4.69, 9.17) is 9.84 Å². The molecule has 0 aliphatic carbocycles. The smallest absolute Gasteiger partial charge is 0.326 e. The molecule has 120 valence electrons. The zero-order chi connectivity index (χ0) is 16.7. The first-order valence-corrected chi connectivity index (χ1v) is 6.70. The van der Waals surface area contributed by atoms with Crippen LogP contribution in [0.4, 0.5) is 5.69 Å². The highest BCUT2D eigenvalue weighted by Crippen LogP contribution is 2.17. The average molecular weight is 310 g/mol. The number of hydrogen-bond donors (Lipinski definition) is 2. The number of nitrogens with one attached hydrogen (secondary N) is 1. The van der Waals surface area contributed by atoms with E-state index in [2.05, 4.69) is 5.32 Å². The van der Waals surface area contributed by atoms with E-state index in [-0.39, 0.29) is 24.6 Å². The van der Waals surface area contributed by atoms with Crippen molar-refractivity contribution in [2.24, 2.45) is 5.92 Å². The van der Waals surface area contributed by atoms with Crippen molar-refractivity contribution in [1.82, 2.24) is 5.32 Å². The minimum atomic E-state index is -1.08. The van der Waals surface area contributed by atoms with E-state index in [1.54, 1.807) is 13.8 Å². The Labute approximate surface area is 127 Å². The lowest BCUT2D eigenvalue weighted by Crippen LogP contribution is -2.44. The predicted octanol–water partition coefficient (Wildman–Crippen LogP) is 1.59. The third kappa shape index (κ3) is 5.39. The zero-order valence-corrected chi connectivity index (χ0v) is 12.3. The molecular formula is C14H18N2O6. The lowest BCUT2D eigenvalue weighted by atomic mass is 10.0. The van der Waals surface area contributed by atoms with Gasteiger partial charge in [-0.1, -0.05) is 13.8 Å². The second-order valence-electron chi connectivity index (χ2n) is 4.98. The van der Waals surface area contributed by atoms with E-state index in [1.807, 2.05) is 0 Å². The van der Waals surface area contributed by atoms with Crippen molar-refractivity contribution in [3.63, 3.8) is 0 Å². The number of benzene rings is 1. The lowest BCUT2D eigenvalue weighted by molar-refractivity contribution is -0.384. The first kappa shape index (κ1) is 17.4. The number of carbonyl (C=O) groups excluding carboxylic acids is 1. The Morgan fingerprint density at radius 3 is 2.36 bits per heavy atom. The molecule has 1 aromatic rings. The number of non-ortho nitro benzene ring substituents is 1. The SMILES string of the molecule is CC(C)C(NC(=O)CCOc1ccc([N+](=O)[O-])cc1)C(=O)O. The highest BCUT2D eigenvalue weighted by molar-refractivity contribution is 5.83. The Kier molecular flexibility index (Phi) is 6.30. The van der Waals surface area contributed by atoms with E-state index in [1.165, 1.54) is 24.3 Å². The van der Waals surface area contributed by atoms with E-state index < -0.39 is 22.8 Å². The molecule has 0 radical (unpaired) electrons. The van der Waals surface area contributed by atoms with Crippen LogP contribution in [0.15, 0.2) is 24.3 Å². The number of ether oxygens (including phenoxy) is 1. The van der Waals surface area contributed by atoms with Gasteiger partial charge in [0.2, 0.25) is 5.91 Å². The van der Waals surface area contributed by atoms with Crippen molar-refractivity contribution >= 4 is 17.6 Å². The van der Waals surface area contributed by atoms with Gasteiger partial charge < -0.3 is 15.2 Å². The minimum absolute atomic E-state index is 0.00646. The molecule has 0 fully saturated rings. The first-order valence-electron chi connectivity index (χ1n) is 6.70. The summed E-state index contributed by atoms with van der Waals surface area (Å²) in [7, 11) is 0. The maximum absolute atomic E-state index is 11.7. The van der Waals surface area contributed by atoms with Gasteiger partial charge in [0.05, 0.1) is 18.0 Å². The van der Waals surface area contributed by atoms with Crippen molar-refractivity contribution in [3.05, 3.63) is 34.4 Å². The maximum atomic E-state index is 11.7. The molecule has 22 heavy (non-hydrogen) atoms. The Balaban J connectivity index is 2.41. The van der Waals surface area contributed by atoms with Crippen molar-refractivity contribution in [2.45, 2.75) is 26.3 Å². The van der Waals surface area contributed by atoms with Crippen LogP contribution in [0.1, 0.15) is 20.3 Å². The number of nitrogens with zero attached hydrogens (tertiary/aromatic N) is 1. The number of hydrogen-bond acceptors (Lipinski definition) is 5. The molecule has 0 heterocycles. The van der Waals surface area contributed by atoms with Gasteiger partial charge in [-0.25, -0.2) is 4.79 Å². The van der Waals surface area contributed by atoms with Crippen molar-refractivity contribution in [3.8, 4) is 5.75 Å². The molecule has 0 aromatic heterocycles. The van der Waals surface area contributed by atoms with Crippen LogP contribution in [0.25, 0.3) is 0 Å². The molecule has 0 spiro atoms. The Bertz CT molecular complexity index is 541. The van der Waals surface area contributed by atoms with Crippen LogP contribution in [0.5, 0.6) is 5.75 Å². The number of carboxylic acid groups (broad SMARTS) is 1. The van der Waals surface area contributed by atoms with Crippen LogP contribution < -0.4 is 10.1 Å². The molecule has 1 atom stereocenters. The molecule has 0 aliphatic rings. The van der Waals surface area contributed by atoms with Crippen molar-refractivity contribution in [1.29, 1.82) is 0 Å². The maximum Gasteiger partial charge on any atom is 0.326 e. The van der Waals surface area contributed by atoms with Gasteiger partial charge in [-0.15, -0.1) is 0 Å². The Morgan fingerprint density at radius 1 is 1.32 bits per heavy atom. The largest absolute Gasteiger partial charge is 0.493 e. The molecule has 0 saturated carbocycles. The van der Waals surface area contributed by atoms with Gasteiger partial charge in [0.25, 0.3) is 5.69 Å². The van der Waals surface area contributed by atoms with E-state index in [9.17, 15) is 19.7 Å². The summed E-state index contributed by atoms with van der Waals surface area (Å²) in [6.07, 6.45) is -0.00646. The second-order valence-corrected chi connectivity index (χ2v) is 4.98. The van der Waals surface area contributed by atoms with Crippen LogP contribution in [0.2, 0.25) is 0 Å². The molecule has 0 saturated heterocycles. The Morgan fingerprint density at radius 2 is 1.91 bits per heavy atom. The standard InChI is InChI=1S/C14H18N2O6/c1-9(2)13(14(18)19)15-12(17)7-8-22-11-5-3-10(4-6-11)16(20)21/h3-6,9,13H,7-8H2,1-2H3,(H,15,17)(H,18,19). The summed E-state index contributed by atoms with van der Waals surface area (Å²) < 4.78 is 5.28. The van der Waals surface area contributed by atoms with Gasteiger partial charge >= 0.3 is 5.97 Å². The van der Waals surface area contributed by atoms with Crippen molar-refractivity contribution in [2.75, 3.05) is 6.61 Å². The van der Waals surface area contributed by atoms with Crippen LogP contribution in [-0.4, -0.2) is 34.6 Å². The number of rotatable bonds is 8. The van der Waals surface area contributed by atoms with Crippen LogP contribution in [-0.2, 0) is 9.59 Å². The van der Waals surface area contributed by atoms with Crippen molar-refractivity contribution < 1.29 is 24.4 Å². The second kappa shape index (κ2) is 7.96. The third-order valence-corrected chi connectivity index (χ3v) is 2.89. The van der Waals surface area contributed by atoms with Gasteiger partial charge in [-0.3, -0.25) is 14.9 Å². The zero-order valence-electron chi connectivity index (χ0n) is 12.3. The quantitative estimate of drug-likeness (QED) is 0.556. The lowest BCUT2D eigenvalue weighted by Gasteiger charge is -2.17. The third-order valence-electron chi connectivity index (χ3n) is 2.89. The normalized spacial score (nSPS) is 11.8. The van der Waals surface area contributed by atoms with Gasteiger partial charge in [0.15, 0.2) is 0 Å². The number of amides is 1.